The van der Waals surface area contributed by atoms with Crippen LogP contribution in [-0.4, -0.2) is 100 Å². The van der Waals surface area contributed by atoms with Crippen molar-refractivity contribution >= 4 is 15.9 Å². The predicted molar refractivity (Wildman–Crippen MR) is 151 cm³/mol. The summed E-state index contributed by atoms with van der Waals surface area (Å²) in [7, 11) is -0.625. The fourth-order valence-corrected chi connectivity index (χ4v) is 8.25. The van der Waals surface area contributed by atoms with Gasteiger partial charge in [-0.05, 0) is 101 Å². The molecular formula is C29H47FN4O4S. The van der Waals surface area contributed by atoms with Gasteiger partial charge in [-0.15, -0.1) is 0 Å². The molecule has 0 spiro atoms. The zero-order valence-electron chi connectivity index (χ0n) is 24.1. The summed E-state index contributed by atoms with van der Waals surface area (Å²) in [5.41, 5.74) is 1.26. The molecule has 2 saturated heterocycles. The van der Waals surface area contributed by atoms with Crippen molar-refractivity contribution in [1.82, 2.24) is 19.4 Å². The monoisotopic (exact) mass is 566 g/mol. The third-order valence-electron chi connectivity index (χ3n) is 8.95. The molecule has 8 nitrogen and oxygen atoms in total. The van der Waals surface area contributed by atoms with Gasteiger partial charge in [-0.1, -0.05) is 0 Å². The molecule has 220 valence electrons. The number of nitrogens with zero attached hydrogens (tertiary/aromatic N) is 3. The van der Waals surface area contributed by atoms with Gasteiger partial charge >= 0.3 is 0 Å². The van der Waals surface area contributed by atoms with Crippen molar-refractivity contribution in [2.75, 3.05) is 53.4 Å². The number of amides is 1. The Bertz CT molecular complexity index is 1060. The smallest absolute Gasteiger partial charge is 0.243 e. The predicted octanol–water partition coefficient (Wildman–Crippen LogP) is 3.51. The molecule has 2 heterocycles. The van der Waals surface area contributed by atoms with Crippen molar-refractivity contribution in [1.29, 1.82) is 0 Å². The maximum atomic E-state index is 13.5. The fourth-order valence-electron chi connectivity index (χ4n) is 6.67. The maximum absolute atomic E-state index is 13.5. The van der Waals surface area contributed by atoms with Crippen LogP contribution in [0.2, 0.25) is 0 Å². The summed E-state index contributed by atoms with van der Waals surface area (Å²) >= 11 is 0. The zero-order chi connectivity index (χ0) is 28.2. The normalized spacial score (nSPS) is 25.7. The van der Waals surface area contributed by atoms with Gasteiger partial charge in [0.15, 0.2) is 0 Å². The molecule has 10 heteroatoms. The van der Waals surface area contributed by atoms with Crippen LogP contribution in [0.1, 0.15) is 62.5 Å². The lowest BCUT2D eigenvalue weighted by atomic mass is 9.87. The summed E-state index contributed by atoms with van der Waals surface area (Å²) < 4.78 is 46.4. The van der Waals surface area contributed by atoms with E-state index in [1.54, 1.807) is 33.1 Å². The fraction of sp³-hybridized carbons (Fsp3) is 0.759. The molecular weight excluding hydrogens is 519 g/mol. The summed E-state index contributed by atoms with van der Waals surface area (Å²) in [5, 5.41) is 3.15. The number of carbonyl (C=O) groups excluding carboxylic acids is 1. The first-order valence-electron chi connectivity index (χ1n) is 14.6. The molecule has 1 aliphatic carbocycles. The van der Waals surface area contributed by atoms with E-state index in [2.05, 4.69) is 15.1 Å². The largest absolute Gasteiger partial charge is 0.497 e. The minimum atomic E-state index is -3.71. The van der Waals surface area contributed by atoms with E-state index in [0.717, 1.165) is 51.9 Å². The van der Waals surface area contributed by atoms with Crippen LogP contribution in [0.4, 0.5) is 4.39 Å². The molecule has 0 aromatic heterocycles. The molecule has 1 atom stereocenters. The lowest BCUT2D eigenvalue weighted by Gasteiger charge is -2.41. The third kappa shape index (κ3) is 7.71. The highest BCUT2D eigenvalue weighted by Crippen LogP contribution is 2.30. The van der Waals surface area contributed by atoms with Crippen molar-refractivity contribution in [3.63, 3.8) is 0 Å². The Kier molecular flexibility index (Phi) is 10.3. The van der Waals surface area contributed by atoms with Crippen molar-refractivity contribution in [3.8, 4) is 5.75 Å². The first kappa shape index (κ1) is 30.2. The molecule has 0 unspecified atom stereocenters. The molecule has 1 saturated carbocycles. The van der Waals surface area contributed by atoms with Crippen LogP contribution in [0, 0.1) is 19.8 Å². The number of halogens is 1. The molecule has 3 aliphatic rings. The molecule has 39 heavy (non-hydrogen) atoms. The molecule has 3 fully saturated rings. The Morgan fingerprint density at radius 3 is 2.26 bits per heavy atom. The highest BCUT2D eigenvalue weighted by Gasteiger charge is 2.32. The molecule has 1 amide bonds. The minimum absolute atomic E-state index is 0.0954. The standard InChI is InChI=1S/C29H47FN4O4S/c1-21-17-27(38-4)18-22(2)29(21)39(36,37)32(3)13-12-28(35)31-25-5-7-26(8-6-25)34-15-9-23(10-16-34)19-33-14-11-24(30)20-33/h17-18,23-26H,5-16,19-20H2,1-4H3,(H,31,35)/t24-,25-,26-/m1/s1. The summed E-state index contributed by atoms with van der Waals surface area (Å²) in [6, 6.07) is 4.17. The number of methoxy groups -OCH3 is 1. The number of hydrogen-bond donors (Lipinski definition) is 1. The quantitative estimate of drug-likeness (QED) is 0.467. The summed E-state index contributed by atoms with van der Waals surface area (Å²) in [6.45, 7) is 8.46. The van der Waals surface area contributed by atoms with Gasteiger partial charge < -0.3 is 19.9 Å². The van der Waals surface area contributed by atoms with Crippen LogP contribution in [0.3, 0.4) is 0 Å². The molecule has 2 aliphatic heterocycles. The zero-order valence-corrected chi connectivity index (χ0v) is 24.9. The van der Waals surface area contributed by atoms with Crippen LogP contribution in [0.5, 0.6) is 5.75 Å². The highest BCUT2D eigenvalue weighted by molar-refractivity contribution is 7.89. The second-order valence-electron chi connectivity index (χ2n) is 11.9. The van der Waals surface area contributed by atoms with E-state index in [9.17, 15) is 17.6 Å². The number of benzene rings is 1. The van der Waals surface area contributed by atoms with E-state index in [1.807, 2.05) is 0 Å². The van der Waals surface area contributed by atoms with Gasteiger partial charge in [-0.2, -0.15) is 0 Å². The number of ether oxygens (including phenoxy) is 1. The number of alkyl halides is 1. The van der Waals surface area contributed by atoms with Gasteiger partial charge in [0, 0.05) is 51.7 Å². The van der Waals surface area contributed by atoms with Crippen LogP contribution < -0.4 is 10.1 Å². The number of nitrogens with one attached hydrogen (secondary N) is 1. The average Bonchev–Trinajstić information content (AvgIpc) is 3.31. The molecule has 1 aromatic rings. The van der Waals surface area contributed by atoms with Crippen molar-refractivity contribution in [2.24, 2.45) is 5.92 Å². The summed E-state index contributed by atoms with van der Waals surface area (Å²) in [5.74, 6) is 1.21. The first-order valence-corrected chi connectivity index (χ1v) is 16.0. The van der Waals surface area contributed by atoms with E-state index < -0.39 is 16.2 Å². The Balaban J connectivity index is 1.17. The van der Waals surface area contributed by atoms with Crippen molar-refractivity contribution in [3.05, 3.63) is 23.3 Å². The average molecular weight is 567 g/mol. The number of sulfonamides is 1. The van der Waals surface area contributed by atoms with E-state index in [0.29, 0.717) is 41.8 Å². The number of piperidine rings is 1. The van der Waals surface area contributed by atoms with Crippen LogP contribution >= 0.6 is 0 Å². The Labute approximate surface area is 234 Å². The van der Waals surface area contributed by atoms with Gasteiger partial charge in [0.1, 0.15) is 11.9 Å². The van der Waals surface area contributed by atoms with E-state index >= 15 is 0 Å². The number of hydrogen-bond acceptors (Lipinski definition) is 6. The highest BCUT2D eigenvalue weighted by atomic mass is 32.2. The third-order valence-corrected chi connectivity index (χ3v) is 11.1. The Hall–Kier alpha value is -1.75. The molecule has 0 bridgehead atoms. The van der Waals surface area contributed by atoms with E-state index in [4.69, 9.17) is 4.74 Å². The SMILES string of the molecule is COc1cc(C)c(S(=O)(=O)N(C)CCC(=O)N[C@H]2CC[C@H](N3CCC(CN4CC[C@@H](F)C4)CC3)CC2)c(C)c1. The lowest BCUT2D eigenvalue weighted by molar-refractivity contribution is -0.122. The minimum Gasteiger partial charge on any atom is -0.497 e. The van der Waals surface area contributed by atoms with Crippen LogP contribution in [-0.2, 0) is 14.8 Å². The molecule has 1 N–H and O–H groups in total. The van der Waals surface area contributed by atoms with Gasteiger partial charge in [-0.25, -0.2) is 17.1 Å². The van der Waals surface area contributed by atoms with Crippen molar-refractivity contribution in [2.45, 2.75) is 88.4 Å². The van der Waals surface area contributed by atoms with Gasteiger partial charge in [0.05, 0.1) is 12.0 Å². The second-order valence-corrected chi connectivity index (χ2v) is 13.8. The van der Waals surface area contributed by atoms with Crippen LogP contribution in [0.15, 0.2) is 17.0 Å². The number of rotatable bonds is 10. The maximum Gasteiger partial charge on any atom is 0.243 e. The second kappa shape index (κ2) is 13.3. The van der Waals surface area contributed by atoms with E-state index in [-0.39, 0.29) is 29.8 Å². The Morgan fingerprint density at radius 2 is 1.69 bits per heavy atom. The Morgan fingerprint density at radius 1 is 1.05 bits per heavy atom. The molecule has 4 rings (SSSR count). The number of aryl methyl sites for hydroxylation is 2. The van der Waals surface area contributed by atoms with Gasteiger partial charge in [-0.3, -0.25) is 4.79 Å². The molecule has 1 aromatic carbocycles. The number of carbonyl (C=O) groups is 1. The van der Waals surface area contributed by atoms with Gasteiger partial charge in [0.25, 0.3) is 0 Å². The van der Waals surface area contributed by atoms with Crippen LogP contribution in [0.25, 0.3) is 0 Å². The summed E-state index contributed by atoms with van der Waals surface area (Å²) in [4.78, 5) is 17.9. The van der Waals surface area contributed by atoms with E-state index in [1.165, 1.54) is 24.2 Å². The topological polar surface area (TPSA) is 82.2 Å². The van der Waals surface area contributed by atoms with Crippen molar-refractivity contribution < 1.29 is 22.3 Å². The summed E-state index contributed by atoms with van der Waals surface area (Å²) in [6.07, 6.45) is 6.65. The lowest BCUT2D eigenvalue weighted by Crippen LogP contribution is -2.47. The van der Waals surface area contributed by atoms with Gasteiger partial charge in [0.2, 0.25) is 15.9 Å². The first-order chi connectivity index (χ1) is 18.6. The molecule has 0 radical (unpaired) electrons. The number of likely N-dealkylation sites (tertiary alicyclic amines) is 2.